The molecule has 0 aliphatic carbocycles. The fourth-order valence-corrected chi connectivity index (χ4v) is 2.88. The Morgan fingerprint density at radius 2 is 1.95 bits per heavy atom. The molecule has 22 heavy (non-hydrogen) atoms. The molecule has 0 aliphatic heterocycles. The average Bonchev–Trinajstić information content (AvgIpc) is 2.91. The van der Waals surface area contributed by atoms with Crippen molar-refractivity contribution in [2.75, 3.05) is 0 Å². The minimum Gasteiger partial charge on any atom is -0.326 e. The van der Waals surface area contributed by atoms with Gasteiger partial charge in [-0.25, -0.2) is 13.8 Å². The Balaban J connectivity index is 2.01. The van der Waals surface area contributed by atoms with E-state index in [1.165, 1.54) is 12.1 Å². The molecule has 0 spiro atoms. The number of aromatic nitrogens is 2. The van der Waals surface area contributed by atoms with Crippen LogP contribution in [-0.4, -0.2) is 9.55 Å². The van der Waals surface area contributed by atoms with Crippen LogP contribution in [0.3, 0.4) is 0 Å². The van der Waals surface area contributed by atoms with Crippen molar-refractivity contribution in [3.8, 4) is 11.4 Å². The summed E-state index contributed by atoms with van der Waals surface area (Å²) in [6.07, 6.45) is 3.31. The molecular weight excluding hydrogens is 374 g/mol. The Kier molecular flexibility index (Phi) is 4.27. The Morgan fingerprint density at radius 3 is 2.68 bits per heavy atom. The SMILES string of the molecule is Fc1ccc(Cn2ccnc2-c2c(F)cccc2Cl)cc1Br. The third-order valence-corrected chi connectivity index (χ3v) is 4.16. The number of hydrogen-bond acceptors (Lipinski definition) is 1. The van der Waals surface area contributed by atoms with Crippen molar-refractivity contribution in [1.29, 1.82) is 0 Å². The zero-order chi connectivity index (χ0) is 15.7. The van der Waals surface area contributed by atoms with Gasteiger partial charge >= 0.3 is 0 Å². The average molecular weight is 384 g/mol. The number of rotatable bonds is 3. The lowest BCUT2D eigenvalue weighted by Crippen LogP contribution is -2.03. The monoisotopic (exact) mass is 382 g/mol. The lowest BCUT2D eigenvalue weighted by Gasteiger charge is -2.10. The van der Waals surface area contributed by atoms with Gasteiger partial charge in [0.25, 0.3) is 0 Å². The summed E-state index contributed by atoms with van der Waals surface area (Å²) in [6.45, 7) is 0.429. The molecule has 2 nitrogen and oxygen atoms in total. The van der Waals surface area contributed by atoms with Gasteiger partial charge in [0.05, 0.1) is 15.1 Å². The van der Waals surface area contributed by atoms with E-state index < -0.39 is 5.82 Å². The Morgan fingerprint density at radius 1 is 1.14 bits per heavy atom. The van der Waals surface area contributed by atoms with Crippen LogP contribution in [0.15, 0.2) is 53.3 Å². The second kappa shape index (κ2) is 6.18. The standard InChI is InChI=1S/C16H10BrClF2N2/c17-11-8-10(4-5-13(11)19)9-22-7-6-21-16(22)15-12(18)2-1-3-14(15)20/h1-8H,9H2. The highest BCUT2D eigenvalue weighted by atomic mass is 79.9. The fraction of sp³-hybridized carbons (Fsp3) is 0.0625. The van der Waals surface area contributed by atoms with Crippen LogP contribution >= 0.6 is 27.5 Å². The largest absolute Gasteiger partial charge is 0.326 e. The van der Waals surface area contributed by atoms with Crippen LogP contribution < -0.4 is 0 Å². The maximum atomic E-state index is 14.1. The predicted molar refractivity (Wildman–Crippen MR) is 85.8 cm³/mol. The van der Waals surface area contributed by atoms with Gasteiger partial charge in [0.2, 0.25) is 0 Å². The second-order valence-corrected chi connectivity index (χ2v) is 5.99. The first-order valence-electron chi connectivity index (χ1n) is 6.45. The van der Waals surface area contributed by atoms with Gasteiger partial charge in [0.1, 0.15) is 17.5 Å². The van der Waals surface area contributed by atoms with E-state index in [1.54, 1.807) is 41.2 Å². The third-order valence-electron chi connectivity index (χ3n) is 3.24. The van der Waals surface area contributed by atoms with Crippen LogP contribution in [0.5, 0.6) is 0 Å². The number of hydrogen-bond donors (Lipinski definition) is 0. The lowest BCUT2D eigenvalue weighted by atomic mass is 10.2. The maximum Gasteiger partial charge on any atom is 0.144 e. The van der Waals surface area contributed by atoms with Gasteiger partial charge in [0.15, 0.2) is 0 Å². The number of benzene rings is 2. The normalized spacial score (nSPS) is 10.9. The van der Waals surface area contributed by atoms with Gasteiger partial charge in [0, 0.05) is 18.9 Å². The summed E-state index contributed by atoms with van der Waals surface area (Å²) >= 11 is 9.25. The van der Waals surface area contributed by atoms with Crippen molar-refractivity contribution in [1.82, 2.24) is 9.55 Å². The van der Waals surface area contributed by atoms with Crippen molar-refractivity contribution in [3.63, 3.8) is 0 Å². The topological polar surface area (TPSA) is 17.8 Å². The summed E-state index contributed by atoms with van der Waals surface area (Å²) in [5.41, 5.74) is 1.12. The number of imidazole rings is 1. The molecule has 3 rings (SSSR count). The molecule has 0 aliphatic rings. The summed E-state index contributed by atoms with van der Waals surface area (Å²) in [7, 11) is 0. The molecule has 0 radical (unpaired) electrons. The van der Waals surface area contributed by atoms with Crippen molar-refractivity contribution < 1.29 is 8.78 Å². The predicted octanol–water partition coefficient (Wildman–Crippen LogP) is 5.29. The van der Waals surface area contributed by atoms with Crippen LogP contribution in [0, 0.1) is 11.6 Å². The van der Waals surface area contributed by atoms with Gasteiger partial charge in [-0.3, -0.25) is 0 Å². The summed E-state index contributed by atoms with van der Waals surface area (Å²) in [5.74, 6) is -0.324. The van der Waals surface area contributed by atoms with E-state index in [2.05, 4.69) is 20.9 Å². The molecule has 2 aromatic carbocycles. The lowest BCUT2D eigenvalue weighted by molar-refractivity contribution is 0.619. The first-order valence-corrected chi connectivity index (χ1v) is 7.63. The fourth-order valence-electron chi connectivity index (χ4n) is 2.21. The van der Waals surface area contributed by atoms with Crippen molar-refractivity contribution in [3.05, 3.63) is 75.5 Å². The van der Waals surface area contributed by atoms with Crippen molar-refractivity contribution in [2.24, 2.45) is 0 Å². The van der Waals surface area contributed by atoms with E-state index in [0.717, 1.165) is 5.56 Å². The summed E-state index contributed by atoms with van der Waals surface area (Å²) in [4.78, 5) is 4.20. The van der Waals surface area contributed by atoms with Gasteiger partial charge in [-0.1, -0.05) is 23.7 Å². The van der Waals surface area contributed by atoms with Gasteiger partial charge in [-0.05, 0) is 45.8 Å². The number of halogens is 4. The van der Waals surface area contributed by atoms with Gasteiger partial charge < -0.3 is 4.57 Å². The smallest absolute Gasteiger partial charge is 0.144 e. The quantitative estimate of drug-likeness (QED) is 0.601. The maximum absolute atomic E-state index is 14.1. The Hall–Kier alpha value is -1.72. The van der Waals surface area contributed by atoms with Gasteiger partial charge in [-0.15, -0.1) is 0 Å². The molecule has 0 fully saturated rings. The van der Waals surface area contributed by atoms with E-state index in [0.29, 0.717) is 21.9 Å². The molecule has 112 valence electrons. The van der Waals surface area contributed by atoms with E-state index in [1.807, 2.05) is 0 Å². The van der Waals surface area contributed by atoms with Crippen LogP contribution in [-0.2, 0) is 6.54 Å². The molecule has 1 aromatic heterocycles. The third kappa shape index (κ3) is 2.91. The zero-order valence-corrected chi connectivity index (χ0v) is 13.6. The van der Waals surface area contributed by atoms with Crippen molar-refractivity contribution >= 4 is 27.5 Å². The van der Waals surface area contributed by atoms with Crippen LogP contribution in [0.4, 0.5) is 8.78 Å². The van der Waals surface area contributed by atoms with E-state index in [4.69, 9.17) is 11.6 Å². The summed E-state index contributed by atoms with van der Waals surface area (Å²) in [6, 6.07) is 9.24. The Labute approximate surface area is 139 Å². The van der Waals surface area contributed by atoms with Crippen LogP contribution in [0.2, 0.25) is 5.02 Å². The molecule has 0 N–H and O–H groups in total. The number of nitrogens with zero attached hydrogens (tertiary/aromatic N) is 2. The minimum absolute atomic E-state index is 0.260. The molecule has 0 amide bonds. The molecule has 0 unspecified atom stereocenters. The molecular formula is C16H10BrClF2N2. The first kappa shape index (κ1) is 15.2. The molecule has 0 bridgehead atoms. The first-order chi connectivity index (χ1) is 10.6. The van der Waals surface area contributed by atoms with E-state index >= 15 is 0 Å². The molecule has 0 saturated heterocycles. The Bertz CT molecular complexity index is 813. The molecule has 6 heteroatoms. The molecule has 0 saturated carbocycles. The zero-order valence-electron chi connectivity index (χ0n) is 11.2. The highest BCUT2D eigenvalue weighted by Gasteiger charge is 2.15. The van der Waals surface area contributed by atoms with Crippen molar-refractivity contribution in [2.45, 2.75) is 6.54 Å². The van der Waals surface area contributed by atoms with E-state index in [-0.39, 0.29) is 11.4 Å². The van der Waals surface area contributed by atoms with Crippen LogP contribution in [0.25, 0.3) is 11.4 Å². The molecule has 0 atom stereocenters. The van der Waals surface area contributed by atoms with Crippen LogP contribution in [0.1, 0.15) is 5.56 Å². The summed E-state index contributed by atoms with van der Waals surface area (Å²) in [5, 5.41) is 0.299. The highest BCUT2D eigenvalue weighted by Crippen LogP contribution is 2.30. The molecule has 1 heterocycles. The summed E-state index contributed by atoms with van der Waals surface area (Å²) < 4.78 is 29.5. The highest BCUT2D eigenvalue weighted by molar-refractivity contribution is 9.10. The minimum atomic E-state index is -0.430. The van der Waals surface area contributed by atoms with Gasteiger partial charge in [-0.2, -0.15) is 0 Å². The van der Waals surface area contributed by atoms with E-state index in [9.17, 15) is 8.78 Å². The molecule has 3 aromatic rings. The second-order valence-electron chi connectivity index (χ2n) is 4.72.